The Morgan fingerprint density at radius 3 is 2.03 bits per heavy atom. The maximum absolute atomic E-state index is 14.1. The van der Waals surface area contributed by atoms with Crippen LogP contribution in [0.15, 0.2) is 24.3 Å². The summed E-state index contributed by atoms with van der Waals surface area (Å²) in [5.74, 6) is -34.7. The molecule has 0 radical (unpaired) electrons. The van der Waals surface area contributed by atoms with Crippen LogP contribution >= 0.6 is 0 Å². The number of rotatable bonds is 10. The Bertz CT molecular complexity index is 858. The number of ether oxygens (including phenoxy) is 1. The molecule has 0 aromatic heterocycles. The fourth-order valence-electron chi connectivity index (χ4n) is 2.94. The Morgan fingerprint density at radius 1 is 1.11 bits per heavy atom. The van der Waals surface area contributed by atoms with E-state index in [1.165, 1.54) is 6.92 Å². The second-order valence-electron chi connectivity index (χ2n) is 7.44. The highest BCUT2D eigenvalue weighted by molar-refractivity contribution is 5.88. The molecule has 1 aliphatic rings. The molecule has 0 spiro atoms. The van der Waals surface area contributed by atoms with Gasteiger partial charge in [-0.1, -0.05) is 13.0 Å². The first-order chi connectivity index (χ1) is 15.6. The first-order valence-electron chi connectivity index (χ1n) is 9.46. The molecule has 1 aliphatic carbocycles. The zero-order valence-electron chi connectivity index (χ0n) is 17.5. The lowest BCUT2D eigenvalue weighted by molar-refractivity contribution is -0.417. The van der Waals surface area contributed by atoms with Gasteiger partial charge in [-0.15, -0.1) is 6.58 Å². The maximum atomic E-state index is 14.1. The van der Waals surface area contributed by atoms with Crippen LogP contribution in [0.3, 0.4) is 0 Å². The van der Waals surface area contributed by atoms with Gasteiger partial charge >= 0.3 is 35.8 Å². The molecule has 1 rings (SSSR count). The van der Waals surface area contributed by atoms with Crippen LogP contribution in [-0.4, -0.2) is 71.1 Å². The van der Waals surface area contributed by atoms with Crippen molar-refractivity contribution in [2.75, 3.05) is 0 Å². The zero-order chi connectivity index (χ0) is 27.8. The van der Waals surface area contributed by atoms with Crippen LogP contribution in [0.5, 0.6) is 0 Å². The molecule has 35 heavy (non-hydrogen) atoms. The van der Waals surface area contributed by atoms with E-state index in [4.69, 9.17) is 15.6 Å². The van der Waals surface area contributed by atoms with Crippen LogP contribution in [0, 0.1) is 0 Å². The summed E-state index contributed by atoms with van der Waals surface area (Å²) in [5, 5.41) is 10.2. The largest absolute Gasteiger partial charge is 0.478 e. The monoisotopic (exact) mass is 536 g/mol. The molecule has 4 N–H and O–H groups in total. The molecule has 1 unspecified atom stereocenters. The number of nitrogens with one attached hydrogen (secondary N) is 1. The van der Waals surface area contributed by atoms with E-state index in [2.05, 4.69) is 6.58 Å². The van der Waals surface area contributed by atoms with Crippen molar-refractivity contribution >= 4 is 11.9 Å². The standard InChI is InChI=1S/C18H19F11N2O4/c1-3-8(4-2)35-10-6-7(12(32)33)5-9(30)11(10)31-13(34)14(19,20)15(21,22)16(23,24)17(25,26)18(27,28)29/h3,6,8-11H,1,4-5,30H2,2H3,(H,31,34)(H,32,33)/t8?,9-,10+,11+/m0/s1. The van der Waals surface area contributed by atoms with Crippen LogP contribution in [0.1, 0.15) is 19.8 Å². The summed E-state index contributed by atoms with van der Waals surface area (Å²) in [6.07, 6.45) is -8.77. The Balaban J connectivity index is 3.40. The van der Waals surface area contributed by atoms with Gasteiger partial charge in [-0.25, -0.2) is 4.79 Å². The number of aliphatic carboxylic acids is 1. The highest BCUT2D eigenvalue weighted by atomic mass is 19.4. The Kier molecular flexibility index (Phi) is 8.66. The summed E-state index contributed by atoms with van der Waals surface area (Å²) >= 11 is 0. The van der Waals surface area contributed by atoms with E-state index in [-0.39, 0.29) is 6.42 Å². The van der Waals surface area contributed by atoms with Gasteiger partial charge in [0.05, 0.1) is 18.2 Å². The van der Waals surface area contributed by atoms with E-state index in [9.17, 15) is 57.9 Å². The van der Waals surface area contributed by atoms with E-state index in [1.807, 2.05) is 0 Å². The molecule has 202 valence electrons. The van der Waals surface area contributed by atoms with Gasteiger partial charge in [0.15, 0.2) is 0 Å². The van der Waals surface area contributed by atoms with Gasteiger partial charge < -0.3 is 20.9 Å². The predicted molar refractivity (Wildman–Crippen MR) is 95.2 cm³/mol. The molecule has 0 fully saturated rings. The summed E-state index contributed by atoms with van der Waals surface area (Å²) in [6.45, 7) is 4.85. The number of carbonyl (C=O) groups excluding carboxylic acids is 1. The van der Waals surface area contributed by atoms with Crippen molar-refractivity contribution in [2.24, 2.45) is 5.73 Å². The Labute approximate surface area is 189 Å². The van der Waals surface area contributed by atoms with Gasteiger partial charge in [0, 0.05) is 11.6 Å². The maximum Gasteiger partial charge on any atom is 0.460 e. The van der Waals surface area contributed by atoms with Crippen LogP contribution in [0.2, 0.25) is 0 Å². The van der Waals surface area contributed by atoms with E-state index in [0.29, 0.717) is 0 Å². The third kappa shape index (κ3) is 5.39. The van der Waals surface area contributed by atoms with Crippen molar-refractivity contribution in [3.63, 3.8) is 0 Å². The van der Waals surface area contributed by atoms with E-state index in [1.54, 1.807) is 0 Å². The van der Waals surface area contributed by atoms with E-state index in [0.717, 1.165) is 17.5 Å². The third-order valence-electron chi connectivity index (χ3n) is 5.03. The summed E-state index contributed by atoms with van der Waals surface area (Å²) in [6, 6.07) is -3.69. The number of hydrogen-bond donors (Lipinski definition) is 3. The molecule has 0 aliphatic heterocycles. The molecule has 0 heterocycles. The number of halogens is 11. The molecular formula is C18H19F11N2O4. The van der Waals surface area contributed by atoms with Crippen LogP contribution in [-0.2, 0) is 14.3 Å². The first kappa shape index (κ1) is 30.6. The van der Waals surface area contributed by atoms with Crippen molar-refractivity contribution in [2.45, 2.75) is 73.9 Å². The third-order valence-corrected chi connectivity index (χ3v) is 5.03. The number of alkyl halides is 11. The summed E-state index contributed by atoms with van der Waals surface area (Å²) in [5.41, 5.74) is 5.12. The number of carboxylic acid groups (broad SMARTS) is 1. The molecule has 1 amide bonds. The topological polar surface area (TPSA) is 102 Å². The van der Waals surface area contributed by atoms with Gasteiger partial charge in [0.2, 0.25) is 0 Å². The summed E-state index contributed by atoms with van der Waals surface area (Å²) in [7, 11) is 0. The van der Waals surface area contributed by atoms with E-state index < -0.39 is 78.0 Å². The molecule has 0 saturated heterocycles. The molecule has 4 atom stereocenters. The van der Waals surface area contributed by atoms with Gasteiger partial charge in [-0.05, 0) is 18.9 Å². The lowest BCUT2D eigenvalue weighted by Gasteiger charge is -2.39. The second-order valence-corrected chi connectivity index (χ2v) is 7.44. The highest BCUT2D eigenvalue weighted by Crippen LogP contribution is 2.57. The van der Waals surface area contributed by atoms with Gasteiger partial charge in [0.25, 0.3) is 5.91 Å². The summed E-state index contributed by atoms with van der Waals surface area (Å²) in [4.78, 5) is 23.1. The van der Waals surface area contributed by atoms with Gasteiger partial charge in [0.1, 0.15) is 0 Å². The number of amides is 1. The zero-order valence-corrected chi connectivity index (χ0v) is 17.5. The molecule has 0 bridgehead atoms. The van der Waals surface area contributed by atoms with Crippen LogP contribution < -0.4 is 11.1 Å². The lowest BCUT2D eigenvalue weighted by atomic mass is 9.87. The minimum atomic E-state index is -7.77. The van der Waals surface area contributed by atoms with Crippen molar-refractivity contribution in [3.05, 3.63) is 24.3 Å². The van der Waals surface area contributed by atoms with Gasteiger partial charge in [-0.2, -0.15) is 48.3 Å². The van der Waals surface area contributed by atoms with Crippen molar-refractivity contribution in [1.82, 2.24) is 5.32 Å². The minimum absolute atomic E-state index is 0.124. The SMILES string of the molecule is C=CC(CC)O[C@@H]1C=C(C(=O)O)C[C@H](N)[C@H]1NC(=O)C(F)(F)C(F)(F)C(F)(F)C(F)(F)C(F)(F)F. The number of carbonyl (C=O) groups is 2. The Hall–Kier alpha value is -2.43. The van der Waals surface area contributed by atoms with Crippen LogP contribution in [0.25, 0.3) is 0 Å². The minimum Gasteiger partial charge on any atom is -0.478 e. The second kappa shape index (κ2) is 9.91. The molecule has 0 aromatic rings. The van der Waals surface area contributed by atoms with Crippen molar-refractivity contribution in [3.8, 4) is 0 Å². The number of nitrogens with two attached hydrogens (primary N) is 1. The summed E-state index contributed by atoms with van der Waals surface area (Å²) < 4.78 is 151. The Morgan fingerprint density at radius 2 is 1.63 bits per heavy atom. The highest BCUT2D eigenvalue weighted by Gasteiger charge is 2.88. The smallest absolute Gasteiger partial charge is 0.460 e. The molecule has 0 saturated carbocycles. The van der Waals surface area contributed by atoms with Crippen molar-refractivity contribution in [1.29, 1.82) is 0 Å². The number of carboxylic acids is 1. The molecule has 6 nitrogen and oxygen atoms in total. The van der Waals surface area contributed by atoms with E-state index >= 15 is 0 Å². The van der Waals surface area contributed by atoms with Gasteiger partial charge in [-0.3, -0.25) is 4.79 Å². The predicted octanol–water partition coefficient (Wildman–Crippen LogP) is 3.67. The average molecular weight is 536 g/mol. The van der Waals surface area contributed by atoms with Crippen molar-refractivity contribution < 1.29 is 67.7 Å². The number of hydrogen-bond acceptors (Lipinski definition) is 4. The molecule has 17 heteroatoms. The fraction of sp³-hybridized carbons (Fsp3) is 0.667. The van der Waals surface area contributed by atoms with Crippen LogP contribution in [0.4, 0.5) is 48.3 Å². The lowest BCUT2D eigenvalue weighted by Crippen LogP contribution is -2.70. The fourth-order valence-corrected chi connectivity index (χ4v) is 2.94. The quantitative estimate of drug-likeness (QED) is 0.292. The molecular weight excluding hydrogens is 517 g/mol. The normalized spacial score (nSPS) is 23.3. The average Bonchev–Trinajstić information content (AvgIpc) is 2.72. The first-order valence-corrected chi connectivity index (χ1v) is 9.46. The molecule has 0 aromatic carbocycles.